The molecule has 1 aliphatic carbocycles. The Bertz CT molecular complexity index is 1410. The number of carbonyl (C=O) groups excluding carboxylic acids is 1. The standard InChI is InChI=1S/C27H30F3N7O2S/c1-14(2)22-25(35-16(4)21-15(3)33-13-34-23(21)19-8-9-19)37(17(5)27(28,29)30)26(38)24(36-22)32-12-18-7-10-20(31-11-18)40(6)39/h7,10-11,13,17,19H,4,8-9,12H2,1-3,5-6H3,(H,32,36)/b35-25+/t17-,40?/m0/s1. The van der Waals surface area contributed by atoms with E-state index in [4.69, 9.17) is 0 Å². The number of nitrogens with one attached hydrogen (secondary N) is 1. The molecule has 1 fully saturated rings. The number of allylic oxidation sites excluding steroid dienone is 1. The van der Waals surface area contributed by atoms with Crippen LogP contribution < -0.4 is 5.32 Å². The van der Waals surface area contributed by atoms with Gasteiger partial charge in [0.05, 0.1) is 17.1 Å². The van der Waals surface area contributed by atoms with Gasteiger partial charge in [0.2, 0.25) is 5.03 Å². The fraction of sp³-hybridized carbons (Fsp3) is 0.407. The largest absolute Gasteiger partial charge is 0.610 e. The fourth-order valence-electron chi connectivity index (χ4n) is 4.17. The van der Waals surface area contributed by atoms with Crippen LogP contribution in [0.15, 0.2) is 57.5 Å². The van der Waals surface area contributed by atoms with E-state index in [9.17, 15) is 22.5 Å². The van der Waals surface area contributed by atoms with Crippen LogP contribution in [0.5, 0.6) is 0 Å². The number of carbonyl (C=O) groups is 1. The van der Waals surface area contributed by atoms with Gasteiger partial charge in [0.15, 0.2) is 11.7 Å². The molecule has 4 rings (SSSR count). The van der Waals surface area contributed by atoms with Crippen molar-refractivity contribution < 1.29 is 22.5 Å². The van der Waals surface area contributed by atoms with Crippen LogP contribution in [0.2, 0.25) is 0 Å². The van der Waals surface area contributed by atoms with Gasteiger partial charge in [-0.15, -0.1) is 0 Å². The van der Waals surface area contributed by atoms with Crippen molar-refractivity contribution in [1.29, 1.82) is 0 Å². The molecule has 40 heavy (non-hydrogen) atoms. The van der Waals surface area contributed by atoms with E-state index in [1.807, 2.05) is 0 Å². The number of rotatable bonds is 7. The fourth-order valence-corrected chi connectivity index (χ4v) is 4.63. The predicted octanol–water partition coefficient (Wildman–Crippen LogP) is 4.44. The molecule has 0 spiro atoms. The van der Waals surface area contributed by atoms with Crippen LogP contribution in [-0.4, -0.2) is 60.5 Å². The van der Waals surface area contributed by atoms with Crippen molar-refractivity contribution in [2.45, 2.75) is 70.2 Å². The molecule has 2 aromatic rings. The molecule has 1 amide bonds. The zero-order chi connectivity index (χ0) is 29.4. The van der Waals surface area contributed by atoms with Gasteiger partial charge < -0.3 is 9.87 Å². The Morgan fingerprint density at radius 1 is 1.27 bits per heavy atom. The van der Waals surface area contributed by atoms with Crippen molar-refractivity contribution >= 4 is 34.5 Å². The van der Waals surface area contributed by atoms with Crippen molar-refractivity contribution in [2.75, 3.05) is 6.26 Å². The number of aryl methyl sites for hydroxylation is 1. The first kappa shape index (κ1) is 29.4. The maximum atomic E-state index is 14.1. The minimum atomic E-state index is -4.74. The number of pyridine rings is 1. The van der Waals surface area contributed by atoms with Crippen LogP contribution in [0.3, 0.4) is 0 Å². The van der Waals surface area contributed by atoms with Crippen LogP contribution in [0, 0.1) is 6.92 Å². The predicted molar refractivity (Wildman–Crippen MR) is 147 cm³/mol. The Morgan fingerprint density at radius 3 is 2.52 bits per heavy atom. The van der Waals surface area contributed by atoms with Crippen LogP contribution >= 0.6 is 0 Å². The summed E-state index contributed by atoms with van der Waals surface area (Å²) in [4.78, 5) is 35.8. The second kappa shape index (κ2) is 11.5. The molecule has 13 heteroatoms. The minimum absolute atomic E-state index is 0.0585. The average molecular weight is 574 g/mol. The van der Waals surface area contributed by atoms with Crippen molar-refractivity contribution in [3.8, 4) is 0 Å². The Kier molecular flexibility index (Phi) is 8.45. The average Bonchev–Trinajstić information content (AvgIpc) is 3.73. The van der Waals surface area contributed by atoms with E-state index in [0.717, 1.165) is 25.5 Å². The topological polar surface area (TPSA) is 119 Å². The molecule has 2 aliphatic rings. The van der Waals surface area contributed by atoms with Gasteiger partial charge in [-0.25, -0.2) is 24.9 Å². The maximum absolute atomic E-state index is 14.1. The van der Waals surface area contributed by atoms with Gasteiger partial charge >= 0.3 is 6.18 Å². The first-order valence-electron chi connectivity index (χ1n) is 12.6. The molecule has 1 unspecified atom stereocenters. The molecular formula is C27H30F3N7O2S. The van der Waals surface area contributed by atoms with Gasteiger partial charge in [0, 0.05) is 41.5 Å². The van der Waals surface area contributed by atoms with Gasteiger partial charge in [-0.05, 0) is 57.7 Å². The van der Waals surface area contributed by atoms with Gasteiger partial charge in [0.1, 0.15) is 24.3 Å². The zero-order valence-electron chi connectivity index (χ0n) is 22.8. The summed E-state index contributed by atoms with van der Waals surface area (Å²) in [6.45, 7) is 10.1. The normalized spacial score (nSPS) is 18.5. The van der Waals surface area contributed by atoms with Crippen molar-refractivity contribution in [2.24, 2.45) is 9.98 Å². The van der Waals surface area contributed by atoms with E-state index in [0.29, 0.717) is 32.3 Å². The number of hydrogen-bond donors (Lipinski definition) is 1. The summed E-state index contributed by atoms with van der Waals surface area (Å²) < 4.78 is 53.9. The number of hydrogen-bond acceptors (Lipinski definition) is 8. The van der Waals surface area contributed by atoms with Gasteiger partial charge in [-0.1, -0.05) is 6.58 Å². The molecule has 3 heterocycles. The molecule has 2 aromatic heterocycles. The SMILES string of the molecule is C=C(/N=C1\C(=C(C)C)N=C(NCc2ccc([S+](C)[O-])nc2)C(=O)N1[C@@H](C)C(F)(F)F)c1c(C)ncnc1C1CC1. The third kappa shape index (κ3) is 6.25. The quantitative estimate of drug-likeness (QED) is 0.490. The molecule has 1 aliphatic heterocycles. The van der Waals surface area contributed by atoms with E-state index in [2.05, 4.69) is 36.8 Å². The van der Waals surface area contributed by atoms with E-state index in [-0.39, 0.29) is 35.5 Å². The second-order valence-electron chi connectivity index (χ2n) is 9.89. The number of alkyl halides is 3. The number of aromatic nitrogens is 3. The number of halogens is 3. The van der Waals surface area contributed by atoms with E-state index in [1.165, 1.54) is 18.8 Å². The van der Waals surface area contributed by atoms with Gasteiger partial charge in [-0.3, -0.25) is 9.69 Å². The second-order valence-corrected chi connectivity index (χ2v) is 11.2. The third-order valence-electron chi connectivity index (χ3n) is 6.53. The Morgan fingerprint density at radius 2 is 1.98 bits per heavy atom. The van der Waals surface area contributed by atoms with Gasteiger partial charge in [0.25, 0.3) is 5.91 Å². The number of nitrogens with zero attached hydrogens (tertiary/aromatic N) is 6. The highest BCUT2D eigenvalue weighted by molar-refractivity contribution is 7.90. The maximum Gasteiger partial charge on any atom is 0.409 e. The Labute approximate surface area is 233 Å². The van der Waals surface area contributed by atoms with Crippen molar-refractivity contribution in [1.82, 2.24) is 25.2 Å². The van der Waals surface area contributed by atoms with Crippen molar-refractivity contribution in [3.05, 3.63) is 65.0 Å². The van der Waals surface area contributed by atoms with Crippen LogP contribution in [0.25, 0.3) is 5.70 Å². The molecular weight excluding hydrogens is 543 g/mol. The summed E-state index contributed by atoms with van der Waals surface area (Å²) in [5, 5.41) is 3.23. The summed E-state index contributed by atoms with van der Waals surface area (Å²) in [6.07, 6.45) is 1.57. The van der Waals surface area contributed by atoms with Crippen molar-refractivity contribution in [3.63, 3.8) is 0 Å². The lowest BCUT2D eigenvalue weighted by Gasteiger charge is -2.35. The lowest BCUT2D eigenvalue weighted by molar-refractivity contribution is -0.173. The number of amides is 1. The highest BCUT2D eigenvalue weighted by Gasteiger charge is 2.47. The molecule has 2 atom stereocenters. The lowest BCUT2D eigenvalue weighted by atomic mass is 10.1. The number of aliphatic imine (C=N–C) groups is 2. The molecule has 0 radical (unpaired) electrons. The lowest BCUT2D eigenvalue weighted by Crippen LogP contribution is -2.57. The summed E-state index contributed by atoms with van der Waals surface area (Å²) >= 11 is -1.26. The molecule has 0 aromatic carbocycles. The molecule has 212 valence electrons. The van der Waals surface area contributed by atoms with Crippen LogP contribution in [-0.2, 0) is 22.5 Å². The van der Waals surface area contributed by atoms with Crippen LogP contribution in [0.1, 0.15) is 62.0 Å². The summed E-state index contributed by atoms with van der Waals surface area (Å²) in [6, 6.07) is 1.05. The Balaban J connectivity index is 1.75. The third-order valence-corrected chi connectivity index (χ3v) is 7.36. The van der Waals surface area contributed by atoms with E-state index in [1.54, 1.807) is 32.9 Å². The zero-order valence-corrected chi connectivity index (χ0v) is 23.7. The summed E-state index contributed by atoms with van der Waals surface area (Å²) in [5.41, 5.74) is 3.37. The smallest absolute Gasteiger partial charge is 0.409 e. The molecule has 9 nitrogen and oxygen atoms in total. The highest BCUT2D eigenvalue weighted by Crippen LogP contribution is 2.42. The summed E-state index contributed by atoms with van der Waals surface area (Å²) in [7, 11) is 0. The first-order chi connectivity index (χ1) is 18.8. The van der Waals surface area contributed by atoms with Gasteiger partial charge in [-0.2, -0.15) is 13.2 Å². The Hall–Kier alpha value is -3.58. The van der Waals surface area contributed by atoms with E-state index < -0.39 is 29.3 Å². The highest BCUT2D eigenvalue weighted by atomic mass is 32.2. The molecule has 1 N–H and O–H groups in total. The molecule has 0 bridgehead atoms. The van der Waals surface area contributed by atoms with E-state index >= 15 is 0 Å². The summed E-state index contributed by atoms with van der Waals surface area (Å²) in [5.74, 6) is -1.28. The van der Waals surface area contributed by atoms with Crippen LogP contribution in [0.4, 0.5) is 13.2 Å². The minimum Gasteiger partial charge on any atom is -0.610 e. The number of amidine groups is 2. The molecule has 0 saturated heterocycles. The first-order valence-corrected chi connectivity index (χ1v) is 14.1. The molecule has 1 saturated carbocycles. The monoisotopic (exact) mass is 573 g/mol.